The molecule has 0 aliphatic carbocycles. The smallest absolute Gasteiger partial charge is 0.118 e. The number of halogens is 1. The Morgan fingerprint density at radius 1 is 1.18 bits per heavy atom. The molecule has 0 saturated heterocycles. The van der Waals surface area contributed by atoms with Crippen LogP contribution in [0.3, 0.4) is 0 Å². The summed E-state index contributed by atoms with van der Waals surface area (Å²) in [5.41, 5.74) is 3.32. The largest absolute Gasteiger partial charge is 0.508 e. The van der Waals surface area contributed by atoms with Gasteiger partial charge in [-0.1, -0.05) is 37.3 Å². The van der Waals surface area contributed by atoms with E-state index in [-0.39, 0.29) is 5.76 Å². The summed E-state index contributed by atoms with van der Waals surface area (Å²) in [6.07, 6.45) is 4.17. The van der Waals surface area contributed by atoms with Crippen molar-refractivity contribution in [3.8, 4) is 0 Å². The van der Waals surface area contributed by atoms with Gasteiger partial charge in [-0.15, -0.1) is 0 Å². The van der Waals surface area contributed by atoms with Crippen molar-refractivity contribution in [1.29, 1.82) is 0 Å². The van der Waals surface area contributed by atoms with Crippen LogP contribution in [0.5, 0.6) is 0 Å². The highest BCUT2D eigenvalue weighted by Crippen LogP contribution is 2.23. The van der Waals surface area contributed by atoms with Gasteiger partial charge in [0.05, 0.1) is 0 Å². The van der Waals surface area contributed by atoms with Gasteiger partial charge < -0.3 is 5.11 Å². The molecule has 17 heavy (non-hydrogen) atoms. The Balaban J connectivity index is 5.50. The summed E-state index contributed by atoms with van der Waals surface area (Å²) < 4.78 is 0. The van der Waals surface area contributed by atoms with E-state index in [1.165, 1.54) is 0 Å². The monoisotopic (exact) mass is 252 g/mol. The molecule has 0 aromatic carbocycles. The van der Waals surface area contributed by atoms with Gasteiger partial charge in [-0.05, 0) is 56.1 Å². The van der Waals surface area contributed by atoms with E-state index in [1.807, 2.05) is 33.8 Å². The molecule has 2 heteroatoms. The van der Waals surface area contributed by atoms with E-state index in [0.717, 1.165) is 16.7 Å². The van der Waals surface area contributed by atoms with E-state index >= 15 is 0 Å². The molecule has 0 heterocycles. The summed E-state index contributed by atoms with van der Waals surface area (Å²) in [7, 11) is 0. The fourth-order valence-electron chi connectivity index (χ4n) is 1.15. The van der Waals surface area contributed by atoms with E-state index in [4.69, 9.17) is 11.6 Å². The van der Waals surface area contributed by atoms with E-state index in [2.05, 4.69) is 13.2 Å². The van der Waals surface area contributed by atoms with Crippen LogP contribution < -0.4 is 0 Å². The molecule has 0 unspecified atom stereocenters. The van der Waals surface area contributed by atoms with Crippen LogP contribution in [0.15, 0.2) is 58.4 Å². The van der Waals surface area contributed by atoms with Crippen LogP contribution in [0.2, 0.25) is 0 Å². The molecule has 0 rings (SSSR count). The number of aliphatic hydroxyl groups is 1. The van der Waals surface area contributed by atoms with Crippen molar-refractivity contribution in [3.05, 3.63) is 58.4 Å². The van der Waals surface area contributed by atoms with Crippen molar-refractivity contribution >= 4 is 11.6 Å². The summed E-state index contributed by atoms with van der Waals surface area (Å²) in [6, 6.07) is 0. The van der Waals surface area contributed by atoms with Crippen molar-refractivity contribution in [2.75, 3.05) is 0 Å². The van der Waals surface area contributed by atoms with Gasteiger partial charge >= 0.3 is 0 Å². The quantitative estimate of drug-likeness (QED) is 0.511. The fraction of sp³-hybridized carbons (Fsp3) is 0.333. The molecule has 0 aromatic heterocycles. The van der Waals surface area contributed by atoms with Crippen molar-refractivity contribution < 1.29 is 5.11 Å². The predicted octanol–water partition coefficient (Wildman–Crippen LogP) is 5.43. The molecule has 0 saturated carbocycles. The van der Waals surface area contributed by atoms with Crippen LogP contribution in [0.1, 0.15) is 34.1 Å². The van der Waals surface area contributed by atoms with Crippen LogP contribution in [0.25, 0.3) is 0 Å². The highest BCUT2D eigenvalue weighted by molar-refractivity contribution is 6.32. The second-order valence-corrected chi connectivity index (χ2v) is 4.66. The van der Waals surface area contributed by atoms with Crippen molar-refractivity contribution in [1.82, 2.24) is 0 Å². The number of hydrogen-bond donors (Lipinski definition) is 1. The highest BCUT2D eigenvalue weighted by Gasteiger charge is 2.05. The third-order valence-electron chi connectivity index (χ3n) is 2.20. The summed E-state index contributed by atoms with van der Waals surface area (Å²) >= 11 is 6.19. The normalized spacial score (nSPS) is 12.9. The third kappa shape index (κ3) is 5.60. The summed E-state index contributed by atoms with van der Waals surface area (Å²) in [6.45, 7) is 15.4. The Morgan fingerprint density at radius 2 is 1.71 bits per heavy atom. The van der Waals surface area contributed by atoms with E-state index in [0.29, 0.717) is 17.0 Å². The van der Waals surface area contributed by atoms with Crippen LogP contribution in [-0.4, -0.2) is 5.11 Å². The minimum Gasteiger partial charge on any atom is -0.508 e. The third-order valence-corrected chi connectivity index (χ3v) is 2.52. The Kier molecular flexibility index (Phi) is 6.67. The first kappa shape index (κ1) is 15.8. The molecule has 94 valence electrons. The van der Waals surface area contributed by atoms with Crippen LogP contribution in [0, 0.1) is 0 Å². The SMILES string of the molecule is C=C(CC)/C(O)=C\C(C(=C)C)=C(/Cl)C=C(C)C. The lowest BCUT2D eigenvalue weighted by Gasteiger charge is -2.07. The lowest BCUT2D eigenvalue weighted by molar-refractivity contribution is 0.420. The first-order valence-corrected chi connectivity index (χ1v) is 5.96. The zero-order valence-corrected chi connectivity index (χ0v) is 11.9. The zero-order chi connectivity index (χ0) is 13.6. The molecule has 0 aliphatic rings. The van der Waals surface area contributed by atoms with E-state index in [1.54, 1.807) is 6.08 Å². The lowest BCUT2D eigenvalue weighted by Crippen LogP contribution is -1.90. The van der Waals surface area contributed by atoms with Crippen LogP contribution in [-0.2, 0) is 0 Å². The lowest BCUT2D eigenvalue weighted by atomic mass is 10.0. The molecule has 0 atom stereocenters. The molecule has 1 N–H and O–H groups in total. The Hall–Kier alpha value is -1.21. The first-order chi connectivity index (χ1) is 7.79. The standard InChI is InChI=1S/C15H21ClO/c1-7-12(6)15(17)9-13(11(4)5)14(16)8-10(2)3/h8-9,17H,4,6-7H2,1-3,5H3/b14-13+,15-9+. The molecule has 1 nitrogen and oxygen atoms in total. The molecule has 0 aliphatic heterocycles. The van der Waals surface area contributed by atoms with Gasteiger partial charge in [0.15, 0.2) is 0 Å². The Labute approximate surface area is 109 Å². The summed E-state index contributed by atoms with van der Waals surface area (Å²) in [5.74, 6) is 0.158. The van der Waals surface area contributed by atoms with Gasteiger partial charge in [0.1, 0.15) is 5.76 Å². The average molecular weight is 253 g/mol. The maximum absolute atomic E-state index is 9.83. The van der Waals surface area contributed by atoms with Gasteiger partial charge in [0.2, 0.25) is 0 Å². The second kappa shape index (κ2) is 7.18. The van der Waals surface area contributed by atoms with Gasteiger partial charge in [0.25, 0.3) is 0 Å². The van der Waals surface area contributed by atoms with Crippen molar-refractivity contribution in [2.45, 2.75) is 34.1 Å². The fourth-order valence-corrected chi connectivity index (χ4v) is 1.58. The predicted molar refractivity (Wildman–Crippen MR) is 77.3 cm³/mol. The maximum atomic E-state index is 9.83. The Morgan fingerprint density at radius 3 is 2.06 bits per heavy atom. The molecule has 0 aromatic rings. The molecule has 0 bridgehead atoms. The van der Waals surface area contributed by atoms with Gasteiger partial charge in [-0.2, -0.15) is 0 Å². The van der Waals surface area contributed by atoms with Gasteiger partial charge in [-0.25, -0.2) is 0 Å². The topological polar surface area (TPSA) is 20.2 Å². The average Bonchev–Trinajstić information content (AvgIpc) is 2.22. The molecule has 0 amide bonds. The maximum Gasteiger partial charge on any atom is 0.118 e. The first-order valence-electron chi connectivity index (χ1n) is 5.59. The number of aliphatic hydroxyl groups excluding tert-OH is 1. The molecular weight excluding hydrogens is 232 g/mol. The van der Waals surface area contributed by atoms with Crippen LogP contribution in [0.4, 0.5) is 0 Å². The number of hydrogen-bond acceptors (Lipinski definition) is 1. The number of rotatable bonds is 5. The molecule has 0 spiro atoms. The summed E-state index contributed by atoms with van der Waals surface area (Å²) in [5, 5.41) is 10.4. The minimum atomic E-state index is 0.158. The molecular formula is C15H21ClO. The number of allylic oxidation sites excluding steroid dienone is 7. The second-order valence-electron chi connectivity index (χ2n) is 4.25. The molecule has 0 radical (unpaired) electrons. The summed E-state index contributed by atoms with van der Waals surface area (Å²) in [4.78, 5) is 0. The molecule has 0 fully saturated rings. The van der Waals surface area contributed by atoms with Gasteiger partial charge in [0, 0.05) is 5.03 Å². The minimum absolute atomic E-state index is 0.158. The van der Waals surface area contributed by atoms with Gasteiger partial charge in [-0.3, -0.25) is 0 Å². The van der Waals surface area contributed by atoms with Crippen LogP contribution >= 0.6 is 11.6 Å². The van der Waals surface area contributed by atoms with Crippen molar-refractivity contribution in [2.24, 2.45) is 0 Å². The van der Waals surface area contributed by atoms with E-state index < -0.39 is 0 Å². The van der Waals surface area contributed by atoms with Crippen molar-refractivity contribution in [3.63, 3.8) is 0 Å². The highest BCUT2D eigenvalue weighted by atomic mass is 35.5. The Bertz CT molecular complexity index is 405. The zero-order valence-electron chi connectivity index (χ0n) is 11.1. The van der Waals surface area contributed by atoms with E-state index in [9.17, 15) is 5.11 Å².